The lowest BCUT2D eigenvalue weighted by Crippen LogP contribution is -2.01. The highest BCUT2D eigenvalue weighted by Crippen LogP contribution is 2.27. The highest BCUT2D eigenvalue weighted by atomic mass is 35.5. The number of aliphatic hydroxyl groups excluding tert-OH is 1. The molecule has 0 fully saturated rings. The van der Waals surface area contributed by atoms with Crippen LogP contribution in [0.4, 0.5) is 5.69 Å². The van der Waals surface area contributed by atoms with Gasteiger partial charge < -0.3 is 9.52 Å². The Hall–Kier alpha value is -1.85. The van der Waals surface area contributed by atoms with E-state index < -0.39 is 11.0 Å². The third kappa shape index (κ3) is 2.69. The van der Waals surface area contributed by atoms with Crippen LogP contribution in [0, 0.1) is 10.1 Å². The molecule has 1 aromatic carbocycles. The van der Waals surface area contributed by atoms with Gasteiger partial charge in [-0.2, -0.15) is 0 Å². The minimum atomic E-state index is -0.794. The van der Waals surface area contributed by atoms with E-state index >= 15 is 0 Å². The van der Waals surface area contributed by atoms with Crippen LogP contribution in [-0.2, 0) is 6.42 Å². The molecule has 0 aliphatic carbocycles. The minimum Gasteiger partial charge on any atom is -0.453 e. The molecule has 2 aromatic rings. The van der Waals surface area contributed by atoms with Crippen molar-refractivity contribution in [2.45, 2.75) is 12.5 Å². The zero-order chi connectivity index (χ0) is 13.1. The predicted octanol–water partition coefficient (Wildman–Crippen LogP) is 3.12. The number of hydrogen-bond donors (Lipinski definition) is 1. The molecule has 18 heavy (non-hydrogen) atoms. The first-order valence-corrected chi connectivity index (χ1v) is 5.60. The summed E-state index contributed by atoms with van der Waals surface area (Å²) in [5.41, 5.74) is 1.31. The van der Waals surface area contributed by atoms with E-state index in [2.05, 4.69) is 0 Å². The molecule has 5 nitrogen and oxygen atoms in total. The Kier molecular flexibility index (Phi) is 3.64. The van der Waals surface area contributed by atoms with Crippen molar-refractivity contribution in [3.05, 3.63) is 63.1 Å². The maximum absolute atomic E-state index is 10.5. The summed E-state index contributed by atoms with van der Waals surface area (Å²) >= 11 is 5.75. The summed E-state index contributed by atoms with van der Waals surface area (Å²) in [5.74, 6) is 0. The van der Waals surface area contributed by atoms with Crippen LogP contribution in [0.25, 0.3) is 0 Å². The average molecular weight is 268 g/mol. The van der Waals surface area contributed by atoms with Gasteiger partial charge in [-0.25, -0.2) is 0 Å². The SMILES string of the molecule is O=[N+]([O-])c1ccc(CC(O)c2ccoc2Cl)cc1. The van der Waals surface area contributed by atoms with Crippen molar-refractivity contribution in [2.24, 2.45) is 0 Å². The van der Waals surface area contributed by atoms with Crippen LogP contribution < -0.4 is 0 Å². The Morgan fingerprint density at radius 1 is 1.33 bits per heavy atom. The number of rotatable bonds is 4. The van der Waals surface area contributed by atoms with E-state index in [4.69, 9.17) is 16.0 Å². The van der Waals surface area contributed by atoms with Crippen LogP contribution >= 0.6 is 11.6 Å². The van der Waals surface area contributed by atoms with Crippen molar-refractivity contribution in [3.63, 3.8) is 0 Å². The van der Waals surface area contributed by atoms with Gasteiger partial charge in [-0.1, -0.05) is 12.1 Å². The summed E-state index contributed by atoms with van der Waals surface area (Å²) in [6, 6.07) is 7.61. The Morgan fingerprint density at radius 3 is 2.50 bits per heavy atom. The number of non-ortho nitro benzene ring substituents is 1. The maximum Gasteiger partial charge on any atom is 0.269 e. The summed E-state index contributed by atoms with van der Waals surface area (Å²) in [6.45, 7) is 0. The molecule has 0 aliphatic heterocycles. The van der Waals surface area contributed by atoms with Gasteiger partial charge in [-0.05, 0) is 23.2 Å². The molecule has 1 aromatic heterocycles. The molecule has 1 unspecified atom stereocenters. The molecule has 0 bridgehead atoms. The molecular formula is C12H10ClNO4. The van der Waals surface area contributed by atoms with E-state index in [1.54, 1.807) is 18.2 Å². The number of hydrogen-bond acceptors (Lipinski definition) is 4. The molecule has 2 rings (SSSR count). The number of aliphatic hydroxyl groups is 1. The molecule has 0 saturated carbocycles. The van der Waals surface area contributed by atoms with Crippen molar-refractivity contribution in [1.29, 1.82) is 0 Å². The van der Waals surface area contributed by atoms with Gasteiger partial charge >= 0.3 is 0 Å². The average Bonchev–Trinajstić information content (AvgIpc) is 2.76. The molecule has 94 valence electrons. The van der Waals surface area contributed by atoms with Crippen LogP contribution in [0.1, 0.15) is 17.2 Å². The van der Waals surface area contributed by atoms with Crippen LogP contribution in [0.15, 0.2) is 41.0 Å². The molecule has 0 aliphatic rings. The second kappa shape index (κ2) is 5.20. The number of nitro benzene ring substituents is 1. The number of furan rings is 1. The summed E-state index contributed by atoms with van der Waals surface area (Å²) in [7, 11) is 0. The first-order valence-electron chi connectivity index (χ1n) is 5.22. The van der Waals surface area contributed by atoms with Crippen molar-refractivity contribution >= 4 is 17.3 Å². The van der Waals surface area contributed by atoms with Crippen molar-refractivity contribution in [2.75, 3.05) is 0 Å². The molecule has 0 spiro atoms. The molecule has 0 saturated heterocycles. The van der Waals surface area contributed by atoms with Crippen LogP contribution in [0.5, 0.6) is 0 Å². The first-order chi connectivity index (χ1) is 8.58. The lowest BCUT2D eigenvalue weighted by atomic mass is 10.0. The van der Waals surface area contributed by atoms with Crippen molar-refractivity contribution in [1.82, 2.24) is 0 Å². The highest BCUT2D eigenvalue weighted by Gasteiger charge is 2.15. The zero-order valence-corrected chi connectivity index (χ0v) is 10.0. The normalized spacial score (nSPS) is 12.3. The van der Waals surface area contributed by atoms with Gasteiger partial charge in [0.1, 0.15) is 0 Å². The molecule has 1 N–H and O–H groups in total. The Labute approximate surface area is 108 Å². The van der Waals surface area contributed by atoms with Gasteiger partial charge in [0.05, 0.1) is 17.3 Å². The Morgan fingerprint density at radius 2 is 2.00 bits per heavy atom. The highest BCUT2D eigenvalue weighted by molar-refractivity contribution is 6.29. The second-order valence-corrected chi connectivity index (χ2v) is 4.14. The predicted molar refractivity (Wildman–Crippen MR) is 65.5 cm³/mol. The Bertz CT molecular complexity index is 549. The third-order valence-corrected chi connectivity index (χ3v) is 2.89. The lowest BCUT2D eigenvalue weighted by molar-refractivity contribution is -0.384. The quantitative estimate of drug-likeness (QED) is 0.682. The van der Waals surface area contributed by atoms with E-state index in [1.165, 1.54) is 18.4 Å². The number of halogens is 1. The topological polar surface area (TPSA) is 76.5 Å². The van der Waals surface area contributed by atoms with Gasteiger partial charge in [-0.15, -0.1) is 0 Å². The van der Waals surface area contributed by atoms with E-state index in [0.29, 0.717) is 12.0 Å². The summed E-state index contributed by atoms with van der Waals surface area (Å²) in [6.07, 6.45) is 0.922. The van der Waals surface area contributed by atoms with E-state index in [1.807, 2.05) is 0 Å². The van der Waals surface area contributed by atoms with Crippen molar-refractivity contribution < 1.29 is 14.4 Å². The molecule has 0 amide bonds. The number of benzene rings is 1. The van der Waals surface area contributed by atoms with Crippen LogP contribution in [0.3, 0.4) is 0 Å². The van der Waals surface area contributed by atoms with Gasteiger partial charge in [0, 0.05) is 24.1 Å². The van der Waals surface area contributed by atoms with E-state index in [-0.39, 0.29) is 10.9 Å². The van der Waals surface area contributed by atoms with Crippen molar-refractivity contribution in [3.8, 4) is 0 Å². The second-order valence-electron chi connectivity index (χ2n) is 3.79. The van der Waals surface area contributed by atoms with E-state index in [0.717, 1.165) is 5.56 Å². The van der Waals surface area contributed by atoms with E-state index in [9.17, 15) is 15.2 Å². The van der Waals surface area contributed by atoms with Gasteiger partial charge in [0.15, 0.2) is 5.22 Å². The zero-order valence-electron chi connectivity index (χ0n) is 9.25. The van der Waals surface area contributed by atoms with Gasteiger partial charge in [0.2, 0.25) is 0 Å². The smallest absolute Gasteiger partial charge is 0.269 e. The third-order valence-electron chi connectivity index (χ3n) is 2.58. The fourth-order valence-corrected chi connectivity index (χ4v) is 1.87. The lowest BCUT2D eigenvalue weighted by Gasteiger charge is -2.08. The largest absolute Gasteiger partial charge is 0.453 e. The summed E-state index contributed by atoms with van der Waals surface area (Å²) < 4.78 is 4.89. The standard InChI is InChI=1S/C12H10ClNO4/c13-12-10(5-6-18-12)11(15)7-8-1-3-9(4-2-8)14(16)17/h1-6,11,15H,7H2. The molecular weight excluding hydrogens is 258 g/mol. The molecule has 0 radical (unpaired) electrons. The fraction of sp³-hybridized carbons (Fsp3) is 0.167. The summed E-state index contributed by atoms with van der Waals surface area (Å²) in [4.78, 5) is 10.0. The number of nitrogens with zero attached hydrogens (tertiary/aromatic N) is 1. The molecule has 6 heteroatoms. The monoisotopic (exact) mass is 267 g/mol. The maximum atomic E-state index is 10.5. The Balaban J connectivity index is 2.10. The first kappa shape index (κ1) is 12.6. The van der Waals surface area contributed by atoms with Gasteiger partial charge in [0.25, 0.3) is 5.69 Å². The van der Waals surface area contributed by atoms with Gasteiger partial charge in [-0.3, -0.25) is 10.1 Å². The fourth-order valence-electron chi connectivity index (χ4n) is 1.63. The number of nitro groups is 1. The molecule has 1 atom stereocenters. The summed E-state index contributed by atoms with van der Waals surface area (Å²) in [5, 5.41) is 20.6. The van der Waals surface area contributed by atoms with Crippen LogP contribution in [-0.4, -0.2) is 10.0 Å². The van der Waals surface area contributed by atoms with Crippen LogP contribution in [0.2, 0.25) is 5.22 Å². The minimum absolute atomic E-state index is 0.0228. The molecule has 1 heterocycles.